The third-order valence-corrected chi connectivity index (χ3v) is 3.81. The number of urea groups is 1. The Morgan fingerprint density at radius 3 is 2.74 bits per heavy atom. The van der Waals surface area contributed by atoms with Gasteiger partial charge in [0.1, 0.15) is 5.54 Å². The minimum atomic E-state index is -0.701. The molecule has 0 aromatic rings. The van der Waals surface area contributed by atoms with Gasteiger partial charge in [0.2, 0.25) is 0 Å². The molecule has 19 heavy (non-hydrogen) atoms. The number of likely N-dealkylation sites (tertiary alicyclic amines) is 1. The van der Waals surface area contributed by atoms with Crippen LogP contribution in [0, 0.1) is 0 Å². The zero-order chi connectivity index (χ0) is 14.0. The van der Waals surface area contributed by atoms with Crippen molar-refractivity contribution < 1.29 is 14.3 Å². The summed E-state index contributed by atoms with van der Waals surface area (Å²) in [6.45, 7) is 9.28. The molecule has 2 rings (SSSR count). The van der Waals surface area contributed by atoms with Gasteiger partial charge in [0, 0.05) is 32.3 Å². The topological polar surface area (TPSA) is 61.9 Å². The van der Waals surface area contributed by atoms with Crippen molar-refractivity contribution in [2.75, 3.05) is 32.8 Å². The lowest BCUT2D eigenvalue weighted by molar-refractivity contribution is -0.132. The van der Waals surface area contributed by atoms with E-state index < -0.39 is 5.54 Å². The largest absolute Gasteiger partial charge is 0.380 e. The number of carbonyl (C=O) groups excluding carboxylic acids is 2. The van der Waals surface area contributed by atoms with Gasteiger partial charge < -0.3 is 10.1 Å². The van der Waals surface area contributed by atoms with Gasteiger partial charge >= 0.3 is 6.03 Å². The molecule has 0 unspecified atom stereocenters. The Morgan fingerprint density at radius 2 is 2.16 bits per heavy atom. The van der Waals surface area contributed by atoms with Gasteiger partial charge in [-0.2, -0.15) is 0 Å². The summed E-state index contributed by atoms with van der Waals surface area (Å²) in [4.78, 5) is 27.9. The van der Waals surface area contributed by atoms with Gasteiger partial charge in [0.25, 0.3) is 5.91 Å². The van der Waals surface area contributed by atoms with Crippen LogP contribution >= 0.6 is 0 Å². The lowest BCUT2D eigenvalue weighted by Crippen LogP contribution is -2.49. The van der Waals surface area contributed by atoms with E-state index in [0.717, 1.165) is 13.1 Å². The maximum atomic E-state index is 12.4. The number of rotatable bonds is 5. The number of ether oxygens (including phenoxy) is 1. The Bertz CT molecular complexity index is 372. The van der Waals surface area contributed by atoms with Crippen LogP contribution in [0.5, 0.6) is 0 Å². The van der Waals surface area contributed by atoms with Crippen molar-refractivity contribution in [1.29, 1.82) is 0 Å². The van der Waals surface area contributed by atoms with E-state index in [9.17, 15) is 9.59 Å². The molecule has 2 aliphatic heterocycles. The Morgan fingerprint density at radius 1 is 1.42 bits per heavy atom. The minimum Gasteiger partial charge on any atom is -0.380 e. The van der Waals surface area contributed by atoms with E-state index in [1.807, 2.05) is 20.8 Å². The molecule has 1 spiro atoms. The maximum absolute atomic E-state index is 12.4. The van der Waals surface area contributed by atoms with Crippen LogP contribution < -0.4 is 5.32 Å². The zero-order valence-electron chi connectivity index (χ0n) is 11.9. The SMILES string of the molecule is CCOCCN1CC[C@@]2(C1)NC(=O)N(C(C)C)C2=O. The summed E-state index contributed by atoms with van der Waals surface area (Å²) in [5, 5.41) is 2.89. The highest BCUT2D eigenvalue weighted by Gasteiger charge is 2.54. The van der Waals surface area contributed by atoms with Crippen molar-refractivity contribution in [3.63, 3.8) is 0 Å². The first kappa shape index (κ1) is 14.3. The molecule has 0 aliphatic carbocycles. The third kappa shape index (κ3) is 2.60. The smallest absolute Gasteiger partial charge is 0.325 e. The number of carbonyl (C=O) groups is 2. The summed E-state index contributed by atoms with van der Waals surface area (Å²) < 4.78 is 5.33. The lowest BCUT2D eigenvalue weighted by Gasteiger charge is -2.23. The number of hydrogen-bond donors (Lipinski definition) is 1. The van der Waals surface area contributed by atoms with Gasteiger partial charge in [-0.3, -0.25) is 14.6 Å². The van der Waals surface area contributed by atoms with E-state index in [-0.39, 0.29) is 18.0 Å². The van der Waals surface area contributed by atoms with E-state index in [2.05, 4.69) is 10.2 Å². The fourth-order valence-electron chi connectivity index (χ4n) is 2.80. The maximum Gasteiger partial charge on any atom is 0.325 e. The second kappa shape index (κ2) is 5.46. The number of amides is 3. The van der Waals surface area contributed by atoms with Crippen molar-refractivity contribution in [3.8, 4) is 0 Å². The molecule has 0 saturated carbocycles. The Balaban J connectivity index is 1.98. The molecular formula is C13H23N3O3. The second-order valence-corrected chi connectivity index (χ2v) is 5.50. The van der Waals surface area contributed by atoms with Gasteiger partial charge in [-0.15, -0.1) is 0 Å². The quantitative estimate of drug-likeness (QED) is 0.581. The normalized spacial score (nSPS) is 27.9. The highest BCUT2D eigenvalue weighted by molar-refractivity contribution is 6.07. The van der Waals surface area contributed by atoms with Gasteiger partial charge in [-0.1, -0.05) is 0 Å². The molecule has 2 aliphatic rings. The van der Waals surface area contributed by atoms with E-state index in [0.29, 0.717) is 26.2 Å². The van der Waals surface area contributed by atoms with E-state index >= 15 is 0 Å². The van der Waals surface area contributed by atoms with Crippen LogP contribution in [0.25, 0.3) is 0 Å². The molecule has 2 saturated heterocycles. The average Bonchev–Trinajstić information content (AvgIpc) is 2.83. The summed E-state index contributed by atoms with van der Waals surface area (Å²) in [5.74, 6) is -0.0774. The molecule has 3 amide bonds. The Kier molecular flexibility index (Phi) is 4.10. The fraction of sp³-hybridized carbons (Fsp3) is 0.846. The second-order valence-electron chi connectivity index (χ2n) is 5.50. The predicted molar refractivity (Wildman–Crippen MR) is 70.8 cm³/mol. The third-order valence-electron chi connectivity index (χ3n) is 3.81. The van der Waals surface area contributed by atoms with Gasteiger partial charge in [-0.05, 0) is 27.2 Å². The molecule has 2 heterocycles. The van der Waals surface area contributed by atoms with Crippen LogP contribution in [0.15, 0.2) is 0 Å². The molecular weight excluding hydrogens is 246 g/mol. The lowest BCUT2D eigenvalue weighted by atomic mass is 9.99. The summed E-state index contributed by atoms with van der Waals surface area (Å²) in [6.07, 6.45) is 0.687. The van der Waals surface area contributed by atoms with Crippen molar-refractivity contribution in [2.24, 2.45) is 0 Å². The van der Waals surface area contributed by atoms with Crippen molar-refractivity contribution in [3.05, 3.63) is 0 Å². The molecule has 1 atom stereocenters. The molecule has 0 radical (unpaired) electrons. The summed E-state index contributed by atoms with van der Waals surface area (Å²) in [5.41, 5.74) is -0.701. The summed E-state index contributed by atoms with van der Waals surface area (Å²) >= 11 is 0. The molecule has 0 aromatic carbocycles. The van der Waals surface area contributed by atoms with Crippen LogP contribution in [-0.4, -0.2) is 66.2 Å². The Hall–Kier alpha value is -1.14. The standard InChI is InChI=1S/C13H23N3O3/c1-4-19-8-7-15-6-5-13(9-15)11(17)16(10(2)3)12(18)14-13/h10H,4-9H2,1-3H3,(H,14,18)/t13-/m0/s1. The highest BCUT2D eigenvalue weighted by atomic mass is 16.5. The first-order valence-electron chi connectivity index (χ1n) is 6.96. The Labute approximate surface area is 114 Å². The molecule has 1 N–H and O–H groups in total. The highest BCUT2D eigenvalue weighted by Crippen LogP contribution is 2.29. The predicted octanol–water partition coefficient (Wildman–Crippen LogP) is 0.428. The van der Waals surface area contributed by atoms with Crippen LogP contribution in [0.3, 0.4) is 0 Å². The molecule has 2 fully saturated rings. The number of imide groups is 1. The average molecular weight is 269 g/mol. The van der Waals surface area contributed by atoms with E-state index in [4.69, 9.17) is 4.74 Å². The van der Waals surface area contributed by atoms with Crippen LogP contribution in [0.4, 0.5) is 4.79 Å². The van der Waals surface area contributed by atoms with Crippen molar-refractivity contribution >= 4 is 11.9 Å². The minimum absolute atomic E-state index is 0.0774. The number of nitrogens with zero attached hydrogens (tertiary/aromatic N) is 2. The number of hydrogen-bond acceptors (Lipinski definition) is 4. The van der Waals surface area contributed by atoms with Crippen LogP contribution in [0.1, 0.15) is 27.2 Å². The van der Waals surface area contributed by atoms with Gasteiger partial charge in [0.05, 0.1) is 6.61 Å². The van der Waals surface area contributed by atoms with E-state index in [1.54, 1.807) is 0 Å². The van der Waals surface area contributed by atoms with Crippen molar-refractivity contribution in [1.82, 2.24) is 15.1 Å². The van der Waals surface area contributed by atoms with Crippen molar-refractivity contribution in [2.45, 2.75) is 38.8 Å². The van der Waals surface area contributed by atoms with Gasteiger partial charge in [-0.25, -0.2) is 4.79 Å². The molecule has 108 valence electrons. The van der Waals surface area contributed by atoms with Crippen LogP contribution in [-0.2, 0) is 9.53 Å². The first-order valence-corrected chi connectivity index (χ1v) is 6.96. The molecule has 6 nitrogen and oxygen atoms in total. The first-order chi connectivity index (χ1) is 9.00. The molecule has 0 aromatic heterocycles. The molecule has 6 heteroatoms. The fourth-order valence-corrected chi connectivity index (χ4v) is 2.80. The zero-order valence-corrected chi connectivity index (χ0v) is 11.9. The summed E-state index contributed by atoms with van der Waals surface area (Å²) in [6, 6.07) is -0.351. The number of nitrogens with one attached hydrogen (secondary N) is 1. The van der Waals surface area contributed by atoms with Gasteiger partial charge in [0.15, 0.2) is 0 Å². The van der Waals surface area contributed by atoms with E-state index in [1.165, 1.54) is 4.90 Å². The monoisotopic (exact) mass is 269 g/mol. The van der Waals surface area contributed by atoms with Crippen LogP contribution in [0.2, 0.25) is 0 Å². The molecule has 0 bridgehead atoms. The summed E-state index contributed by atoms with van der Waals surface area (Å²) in [7, 11) is 0.